The van der Waals surface area contributed by atoms with Crippen LogP contribution in [0.5, 0.6) is 0 Å². The third-order valence-electron chi connectivity index (χ3n) is 5.73. The number of rotatable bonds is 5. The highest BCUT2D eigenvalue weighted by atomic mass is 32.2. The Kier molecular flexibility index (Phi) is 5.70. The van der Waals surface area contributed by atoms with Crippen molar-refractivity contribution in [1.29, 1.82) is 0 Å². The molecular weight excluding hydrogens is 450 g/mol. The molecule has 2 aromatic carbocycles. The van der Waals surface area contributed by atoms with Gasteiger partial charge >= 0.3 is 0 Å². The maximum absolute atomic E-state index is 13.0. The number of benzene rings is 2. The predicted octanol–water partition coefficient (Wildman–Crippen LogP) is 2.92. The fraction of sp³-hybridized carbons (Fsp3) is 0.364. The first kappa shape index (κ1) is 21.4. The highest BCUT2D eigenvalue weighted by Gasteiger charge is 2.30. The molecule has 5 rings (SSSR count). The zero-order valence-corrected chi connectivity index (χ0v) is 19.2. The number of ether oxygens (including phenoxy) is 1. The van der Waals surface area contributed by atoms with E-state index >= 15 is 0 Å². The van der Waals surface area contributed by atoms with E-state index in [1.54, 1.807) is 6.07 Å². The summed E-state index contributed by atoms with van der Waals surface area (Å²) in [6.45, 7) is 3.94. The molecule has 2 aliphatic rings. The van der Waals surface area contributed by atoms with Crippen LogP contribution in [-0.2, 0) is 26.0 Å². The maximum atomic E-state index is 13.0. The standard InChI is InChI=1S/C22H23N3O5S2/c1-15(21(26)25-9-8-16-4-2-3-5-19(16)25)31-22-23-18-14-17(6-7-20(18)30-22)32(27,28)24-10-12-29-13-11-24/h2-7,14-15H,8-13H2,1H3/t15-/m0/s1. The highest BCUT2D eigenvalue weighted by Crippen LogP contribution is 2.33. The van der Waals surface area contributed by atoms with Gasteiger partial charge in [0.05, 0.1) is 23.4 Å². The van der Waals surface area contributed by atoms with E-state index in [9.17, 15) is 13.2 Å². The number of oxazole rings is 1. The Balaban J connectivity index is 1.34. The van der Waals surface area contributed by atoms with Crippen LogP contribution in [0.4, 0.5) is 5.69 Å². The second kappa shape index (κ2) is 8.51. The van der Waals surface area contributed by atoms with Gasteiger partial charge in [0.25, 0.3) is 5.22 Å². The molecule has 0 radical (unpaired) electrons. The molecule has 0 bridgehead atoms. The van der Waals surface area contributed by atoms with E-state index in [0.29, 0.717) is 49.2 Å². The lowest BCUT2D eigenvalue weighted by Gasteiger charge is -2.25. The number of carbonyl (C=O) groups is 1. The minimum atomic E-state index is -3.62. The topological polar surface area (TPSA) is 93.0 Å². The number of nitrogens with zero attached hydrogens (tertiary/aromatic N) is 3. The highest BCUT2D eigenvalue weighted by molar-refractivity contribution is 8.00. The number of hydrogen-bond donors (Lipinski definition) is 0. The minimum Gasteiger partial charge on any atom is -0.431 e. The van der Waals surface area contributed by atoms with E-state index in [-0.39, 0.29) is 10.8 Å². The number of carbonyl (C=O) groups excluding carboxylic acids is 1. The average Bonchev–Trinajstić information content (AvgIpc) is 3.42. The summed E-state index contributed by atoms with van der Waals surface area (Å²) in [4.78, 5) is 19.5. The van der Waals surface area contributed by atoms with E-state index in [4.69, 9.17) is 9.15 Å². The van der Waals surface area contributed by atoms with Gasteiger partial charge in [-0.1, -0.05) is 30.0 Å². The van der Waals surface area contributed by atoms with Crippen molar-refractivity contribution in [2.45, 2.75) is 28.7 Å². The number of aromatic nitrogens is 1. The van der Waals surface area contributed by atoms with Gasteiger partial charge in [0, 0.05) is 25.3 Å². The summed E-state index contributed by atoms with van der Waals surface area (Å²) in [6.07, 6.45) is 0.850. The van der Waals surface area contributed by atoms with Crippen molar-refractivity contribution < 1.29 is 22.4 Å². The van der Waals surface area contributed by atoms with E-state index in [2.05, 4.69) is 4.98 Å². The Morgan fingerprint density at radius 2 is 1.91 bits per heavy atom. The van der Waals surface area contributed by atoms with E-state index in [1.165, 1.54) is 33.8 Å². The van der Waals surface area contributed by atoms with Crippen molar-refractivity contribution in [3.8, 4) is 0 Å². The Labute approximate surface area is 190 Å². The maximum Gasteiger partial charge on any atom is 0.257 e. The predicted molar refractivity (Wildman–Crippen MR) is 121 cm³/mol. The summed E-state index contributed by atoms with van der Waals surface area (Å²) in [5, 5.41) is -0.0555. The zero-order valence-electron chi connectivity index (χ0n) is 17.6. The van der Waals surface area contributed by atoms with Gasteiger partial charge in [-0.15, -0.1) is 0 Å². The molecule has 1 fully saturated rings. The van der Waals surface area contributed by atoms with Crippen molar-refractivity contribution in [3.05, 3.63) is 48.0 Å². The molecule has 10 heteroatoms. The van der Waals surface area contributed by atoms with Gasteiger partial charge in [-0.25, -0.2) is 13.4 Å². The first-order valence-corrected chi connectivity index (χ1v) is 12.8. The van der Waals surface area contributed by atoms with E-state index in [1.807, 2.05) is 36.1 Å². The summed E-state index contributed by atoms with van der Waals surface area (Å²) < 4.78 is 38.3. The lowest BCUT2D eigenvalue weighted by Crippen LogP contribution is -2.40. The summed E-state index contributed by atoms with van der Waals surface area (Å²) in [5.41, 5.74) is 3.07. The molecule has 1 saturated heterocycles. The Bertz CT molecular complexity index is 1270. The van der Waals surface area contributed by atoms with Crippen molar-refractivity contribution in [3.63, 3.8) is 0 Å². The normalized spacial score (nSPS) is 18.1. The summed E-state index contributed by atoms with van der Waals surface area (Å²) >= 11 is 1.23. The fourth-order valence-corrected chi connectivity index (χ4v) is 6.27. The number of para-hydroxylation sites is 1. The average molecular weight is 474 g/mol. The fourth-order valence-electron chi connectivity index (χ4n) is 4.02. The molecule has 0 spiro atoms. The van der Waals surface area contributed by atoms with E-state index in [0.717, 1.165) is 12.1 Å². The molecule has 0 aliphatic carbocycles. The van der Waals surface area contributed by atoms with Crippen LogP contribution in [0.15, 0.2) is 57.0 Å². The molecule has 0 N–H and O–H groups in total. The molecule has 2 aliphatic heterocycles. The largest absolute Gasteiger partial charge is 0.431 e. The van der Waals surface area contributed by atoms with E-state index < -0.39 is 15.3 Å². The smallest absolute Gasteiger partial charge is 0.257 e. The second-order valence-electron chi connectivity index (χ2n) is 7.75. The number of sulfonamides is 1. The number of fused-ring (bicyclic) bond motifs is 2. The van der Waals surface area contributed by atoms with Crippen LogP contribution in [0.25, 0.3) is 11.1 Å². The Hall–Kier alpha value is -2.40. The summed E-state index contributed by atoms with van der Waals surface area (Å²) in [5.74, 6) is -0.00205. The Morgan fingerprint density at radius 3 is 2.72 bits per heavy atom. The van der Waals surface area contributed by atoms with Crippen molar-refractivity contribution >= 4 is 44.5 Å². The van der Waals surface area contributed by atoms with Crippen LogP contribution < -0.4 is 4.90 Å². The molecule has 0 saturated carbocycles. The third-order valence-corrected chi connectivity index (χ3v) is 8.55. The van der Waals surface area contributed by atoms with Gasteiger partial charge in [0.15, 0.2) is 5.58 Å². The van der Waals surface area contributed by atoms with Gasteiger partial charge in [-0.2, -0.15) is 4.31 Å². The monoisotopic (exact) mass is 473 g/mol. The molecule has 1 aromatic heterocycles. The lowest BCUT2D eigenvalue weighted by atomic mass is 10.2. The molecule has 1 amide bonds. The first-order chi connectivity index (χ1) is 15.4. The van der Waals surface area contributed by atoms with Crippen LogP contribution in [0, 0.1) is 0 Å². The van der Waals surface area contributed by atoms with Gasteiger partial charge in [-0.3, -0.25) is 4.79 Å². The van der Waals surface area contributed by atoms with Crippen molar-refractivity contribution in [2.75, 3.05) is 37.7 Å². The third kappa shape index (κ3) is 3.92. The molecule has 8 nitrogen and oxygen atoms in total. The molecule has 32 heavy (non-hydrogen) atoms. The molecule has 0 unspecified atom stereocenters. The van der Waals surface area contributed by atoms with Crippen molar-refractivity contribution in [2.24, 2.45) is 0 Å². The molecular formula is C22H23N3O5S2. The minimum absolute atomic E-state index is 0.00205. The SMILES string of the molecule is C[C@H](Sc1nc2cc(S(=O)(=O)N3CCOCC3)ccc2o1)C(=O)N1CCc2ccccc21. The number of hydrogen-bond acceptors (Lipinski definition) is 7. The Morgan fingerprint density at radius 1 is 1.12 bits per heavy atom. The number of morpholine rings is 1. The number of thioether (sulfide) groups is 1. The summed E-state index contributed by atoms with van der Waals surface area (Å²) in [7, 11) is -3.62. The van der Waals surface area contributed by atoms with Gasteiger partial charge in [0.1, 0.15) is 5.52 Å². The van der Waals surface area contributed by atoms with Crippen LogP contribution in [0.3, 0.4) is 0 Å². The number of anilines is 1. The number of amides is 1. The second-order valence-corrected chi connectivity index (χ2v) is 11.0. The molecule has 168 valence electrons. The molecule has 1 atom stereocenters. The van der Waals surface area contributed by atoms with Crippen molar-refractivity contribution in [1.82, 2.24) is 9.29 Å². The molecule has 3 heterocycles. The first-order valence-electron chi connectivity index (χ1n) is 10.5. The molecule has 3 aromatic rings. The van der Waals surface area contributed by atoms with Crippen LogP contribution in [-0.4, -0.2) is 61.7 Å². The van der Waals surface area contributed by atoms with Gasteiger partial charge in [0.2, 0.25) is 15.9 Å². The quantitative estimate of drug-likeness (QED) is 0.526. The van der Waals surface area contributed by atoms with Crippen LogP contribution in [0.2, 0.25) is 0 Å². The van der Waals surface area contributed by atoms with Crippen LogP contribution >= 0.6 is 11.8 Å². The van der Waals surface area contributed by atoms with Gasteiger partial charge in [-0.05, 0) is 43.2 Å². The lowest BCUT2D eigenvalue weighted by molar-refractivity contribution is -0.117. The van der Waals surface area contributed by atoms with Crippen LogP contribution in [0.1, 0.15) is 12.5 Å². The van der Waals surface area contributed by atoms with Gasteiger partial charge < -0.3 is 14.1 Å². The summed E-state index contributed by atoms with van der Waals surface area (Å²) in [6, 6.07) is 12.6. The zero-order chi connectivity index (χ0) is 22.3.